The van der Waals surface area contributed by atoms with E-state index in [1.54, 1.807) is 0 Å². The van der Waals surface area contributed by atoms with Gasteiger partial charge < -0.3 is 20.3 Å². The van der Waals surface area contributed by atoms with Crippen molar-refractivity contribution in [3.8, 4) is 0 Å². The van der Waals surface area contributed by atoms with E-state index in [0.29, 0.717) is 25.9 Å². The van der Waals surface area contributed by atoms with Crippen LogP contribution in [-0.4, -0.2) is 47.4 Å². The van der Waals surface area contributed by atoms with Crippen molar-refractivity contribution in [1.82, 2.24) is 5.32 Å². The van der Waals surface area contributed by atoms with Crippen LogP contribution in [0.3, 0.4) is 0 Å². The third kappa shape index (κ3) is 77.5. The fourth-order valence-electron chi connectivity index (χ4n) is 13.9. The second-order valence-electron chi connectivity index (χ2n) is 29.5. The molecule has 0 heterocycles. The lowest BCUT2D eigenvalue weighted by atomic mass is 10.0. The second kappa shape index (κ2) is 81.0. The van der Waals surface area contributed by atoms with Gasteiger partial charge in [0.2, 0.25) is 5.91 Å². The molecule has 2 atom stereocenters. The van der Waals surface area contributed by atoms with Crippen molar-refractivity contribution in [2.75, 3.05) is 13.2 Å². The number of esters is 1. The van der Waals surface area contributed by atoms with E-state index >= 15 is 0 Å². The summed E-state index contributed by atoms with van der Waals surface area (Å²) in [6.07, 6.45) is 103. The number of rotatable bonds is 81. The largest absolute Gasteiger partial charge is 0.466 e. The lowest BCUT2D eigenvalue weighted by Gasteiger charge is -2.22. The van der Waals surface area contributed by atoms with E-state index in [4.69, 9.17) is 4.74 Å². The molecular formula is C85H167NO5. The van der Waals surface area contributed by atoms with Crippen molar-refractivity contribution in [2.45, 2.75) is 508 Å². The molecule has 1 amide bonds. The summed E-state index contributed by atoms with van der Waals surface area (Å²) < 4.78 is 5.52. The van der Waals surface area contributed by atoms with Crippen LogP contribution < -0.4 is 5.32 Å². The first kappa shape index (κ1) is 89.6. The highest BCUT2D eigenvalue weighted by Crippen LogP contribution is 2.21. The Kier molecular flexibility index (Phi) is 79.8. The molecule has 0 saturated carbocycles. The number of aliphatic hydroxyl groups is 2. The molecule has 0 aromatic carbocycles. The summed E-state index contributed by atoms with van der Waals surface area (Å²) in [5.74, 6) is -0.00143. The normalized spacial score (nSPS) is 12.4. The molecule has 0 spiro atoms. The van der Waals surface area contributed by atoms with E-state index in [9.17, 15) is 19.8 Å². The summed E-state index contributed by atoms with van der Waals surface area (Å²) in [7, 11) is 0. The van der Waals surface area contributed by atoms with Gasteiger partial charge in [0.05, 0.1) is 25.4 Å². The Labute approximate surface area is 571 Å². The summed E-state index contributed by atoms with van der Waals surface area (Å²) in [4.78, 5) is 24.7. The number of hydrogen-bond donors (Lipinski definition) is 3. The molecule has 0 aliphatic rings. The Bertz CT molecular complexity index is 1380. The maximum Gasteiger partial charge on any atom is 0.305 e. The van der Waals surface area contributed by atoms with Crippen molar-refractivity contribution >= 4 is 11.9 Å². The van der Waals surface area contributed by atoms with E-state index in [2.05, 4.69) is 31.3 Å². The molecule has 542 valence electrons. The van der Waals surface area contributed by atoms with Gasteiger partial charge in [0.15, 0.2) is 0 Å². The summed E-state index contributed by atoms with van der Waals surface area (Å²) in [6, 6.07) is -0.536. The Morgan fingerprint density at radius 2 is 0.516 bits per heavy atom. The molecule has 0 aromatic heterocycles. The molecule has 3 N–H and O–H groups in total. The SMILES string of the molecule is CCCCCCCCC/C=C\CCCCCCCCCC(=O)OCCCCCCCCCCCCCCCCCCCCCCCCCCCCCCCCCCCCCCCCCC(=O)NC(CO)C(O)CCCCCCCCCCCCCCCCCCC. The molecule has 0 radical (unpaired) electrons. The van der Waals surface area contributed by atoms with Gasteiger partial charge in [0, 0.05) is 12.8 Å². The van der Waals surface area contributed by atoms with E-state index in [0.717, 1.165) is 38.5 Å². The van der Waals surface area contributed by atoms with Crippen LogP contribution >= 0.6 is 0 Å². The number of ether oxygens (including phenoxy) is 1. The number of carbonyl (C=O) groups excluding carboxylic acids is 2. The first-order chi connectivity index (χ1) is 45.0. The predicted molar refractivity (Wildman–Crippen MR) is 403 cm³/mol. The number of hydrogen-bond acceptors (Lipinski definition) is 5. The van der Waals surface area contributed by atoms with Crippen LogP contribution in [-0.2, 0) is 14.3 Å². The molecule has 0 saturated heterocycles. The molecule has 0 aromatic rings. The first-order valence-corrected chi connectivity index (χ1v) is 42.4. The summed E-state index contributed by atoms with van der Waals surface area (Å²) in [5, 5.41) is 23.4. The van der Waals surface area contributed by atoms with Crippen molar-refractivity contribution in [3.05, 3.63) is 12.2 Å². The van der Waals surface area contributed by atoms with Gasteiger partial charge in [-0.3, -0.25) is 9.59 Å². The Morgan fingerprint density at radius 1 is 0.297 bits per heavy atom. The zero-order valence-corrected chi connectivity index (χ0v) is 62.4. The molecule has 6 heteroatoms. The molecule has 0 aliphatic heterocycles. The molecule has 0 aliphatic carbocycles. The first-order valence-electron chi connectivity index (χ1n) is 42.4. The van der Waals surface area contributed by atoms with E-state index in [1.807, 2.05) is 0 Å². The van der Waals surface area contributed by atoms with E-state index in [1.165, 1.54) is 424 Å². The average Bonchev–Trinajstić information content (AvgIpc) is 3.73. The zero-order valence-electron chi connectivity index (χ0n) is 62.4. The molecule has 0 bridgehead atoms. The van der Waals surface area contributed by atoms with Crippen LogP contribution in [0.4, 0.5) is 0 Å². The topological polar surface area (TPSA) is 95.9 Å². The zero-order chi connectivity index (χ0) is 65.6. The van der Waals surface area contributed by atoms with Crippen LogP contribution in [0.2, 0.25) is 0 Å². The summed E-state index contributed by atoms with van der Waals surface area (Å²) in [6.45, 7) is 5.01. The van der Waals surface area contributed by atoms with Crippen LogP contribution in [0.5, 0.6) is 0 Å². The Balaban J connectivity index is 3.28. The molecule has 6 nitrogen and oxygen atoms in total. The number of nitrogens with one attached hydrogen (secondary N) is 1. The van der Waals surface area contributed by atoms with Gasteiger partial charge in [0.25, 0.3) is 0 Å². The minimum absolute atomic E-state index is 0.0225. The van der Waals surface area contributed by atoms with E-state index in [-0.39, 0.29) is 18.5 Å². The molecule has 2 unspecified atom stereocenters. The van der Waals surface area contributed by atoms with Crippen molar-refractivity contribution in [3.63, 3.8) is 0 Å². The van der Waals surface area contributed by atoms with Gasteiger partial charge in [0.1, 0.15) is 0 Å². The molecule has 0 rings (SSSR count). The van der Waals surface area contributed by atoms with Gasteiger partial charge >= 0.3 is 5.97 Å². The predicted octanol–water partition coefficient (Wildman–Crippen LogP) is 28.2. The molecular weight excluding hydrogens is 1110 g/mol. The second-order valence-corrected chi connectivity index (χ2v) is 29.5. The van der Waals surface area contributed by atoms with Crippen molar-refractivity contribution in [2.24, 2.45) is 0 Å². The van der Waals surface area contributed by atoms with Crippen molar-refractivity contribution in [1.29, 1.82) is 0 Å². The number of unbranched alkanes of at least 4 members (excludes halogenated alkanes) is 68. The number of amides is 1. The van der Waals surface area contributed by atoms with Crippen LogP contribution in [0.25, 0.3) is 0 Å². The van der Waals surface area contributed by atoms with Crippen molar-refractivity contribution < 1.29 is 24.5 Å². The lowest BCUT2D eigenvalue weighted by molar-refractivity contribution is -0.143. The van der Waals surface area contributed by atoms with Crippen LogP contribution in [0.1, 0.15) is 495 Å². The highest BCUT2D eigenvalue weighted by Gasteiger charge is 2.20. The quantitative estimate of drug-likeness (QED) is 0.0320. The Morgan fingerprint density at radius 3 is 0.780 bits per heavy atom. The monoisotopic (exact) mass is 1280 g/mol. The highest BCUT2D eigenvalue weighted by atomic mass is 16.5. The van der Waals surface area contributed by atoms with Gasteiger partial charge in [-0.05, 0) is 51.4 Å². The third-order valence-corrected chi connectivity index (χ3v) is 20.3. The van der Waals surface area contributed by atoms with Crippen LogP contribution in [0, 0.1) is 0 Å². The molecule has 0 fully saturated rings. The third-order valence-electron chi connectivity index (χ3n) is 20.3. The average molecular weight is 1280 g/mol. The highest BCUT2D eigenvalue weighted by molar-refractivity contribution is 5.76. The van der Waals surface area contributed by atoms with E-state index < -0.39 is 12.1 Å². The van der Waals surface area contributed by atoms with Gasteiger partial charge in [-0.2, -0.15) is 0 Å². The van der Waals surface area contributed by atoms with Gasteiger partial charge in [-0.15, -0.1) is 0 Å². The maximum absolute atomic E-state index is 12.5. The standard InChI is InChI=1S/C85H167NO5/c1-3-5-7-9-11-13-15-17-19-21-47-51-55-59-63-67-71-75-79-85(90)91-80-76-72-68-64-60-56-52-48-44-42-40-38-36-34-32-30-28-26-24-22-23-25-27-29-31-33-35-37-39-41-43-46-50-54-58-62-66-70-74-78-84(89)86-82(81-87)83(88)77-73-69-65-61-57-53-49-45-20-18-16-14-12-10-8-6-4-2/h19,21,82-83,87-88H,3-18,20,22-81H2,1-2H3,(H,86,89)/b21-19-. The van der Waals surface area contributed by atoms with Crippen LogP contribution in [0.15, 0.2) is 12.2 Å². The molecule has 91 heavy (non-hydrogen) atoms. The number of allylic oxidation sites excluding steroid dienone is 2. The number of carbonyl (C=O) groups is 2. The summed E-state index contributed by atoms with van der Waals surface area (Å²) in [5.41, 5.74) is 0. The maximum atomic E-state index is 12.5. The van der Waals surface area contributed by atoms with Gasteiger partial charge in [-0.1, -0.05) is 443 Å². The summed E-state index contributed by atoms with van der Waals surface area (Å²) >= 11 is 0. The fraction of sp³-hybridized carbons (Fsp3) is 0.953. The van der Waals surface area contributed by atoms with Gasteiger partial charge in [-0.25, -0.2) is 0 Å². The smallest absolute Gasteiger partial charge is 0.305 e. The minimum Gasteiger partial charge on any atom is -0.466 e. The fourth-order valence-corrected chi connectivity index (χ4v) is 13.9. The Hall–Kier alpha value is -1.40. The lowest BCUT2D eigenvalue weighted by Crippen LogP contribution is -2.45. The minimum atomic E-state index is -0.660. The number of aliphatic hydroxyl groups excluding tert-OH is 2.